The van der Waals surface area contributed by atoms with E-state index in [2.05, 4.69) is 34.8 Å². The van der Waals surface area contributed by atoms with E-state index < -0.39 is 0 Å². The highest BCUT2D eigenvalue weighted by Gasteiger charge is 2.36. The summed E-state index contributed by atoms with van der Waals surface area (Å²) in [7, 11) is 0. The maximum atomic E-state index is 12.2. The van der Waals surface area contributed by atoms with Crippen molar-refractivity contribution >= 4 is 33.6 Å². The molecule has 0 bridgehead atoms. The van der Waals surface area contributed by atoms with Crippen LogP contribution in [-0.4, -0.2) is 48.0 Å². The lowest BCUT2D eigenvalue weighted by Gasteiger charge is -2.22. The van der Waals surface area contributed by atoms with E-state index in [0.717, 1.165) is 27.2 Å². The number of halogens is 2. The van der Waals surface area contributed by atoms with Gasteiger partial charge < -0.3 is 4.74 Å². The molecule has 1 atom stereocenters. The molecule has 0 radical (unpaired) electrons. The highest BCUT2D eigenvalue weighted by atomic mass is 79.9. The third-order valence-electron chi connectivity index (χ3n) is 5.38. The van der Waals surface area contributed by atoms with Crippen molar-refractivity contribution in [3.8, 4) is 17.1 Å². The van der Waals surface area contributed by atoms with Crippen molar-refractivity contribution in [1.29, 1.82) is 0 Å². The molecule has 8 nitrogen and oxygen atoms in total. The lowest BCUT2D eigenvalue weighted by Crippen LogP contribution is -2.36. The van der Waals surface area contributed by atoms with Crippen LogP contribution in [0.15, 0.2) is 29.0 Å². The average Bonchev–Trinajstić information content (AvgIpc) is 3.33. The second kappa shape index (κ2) is 6.84. The van der Waals surface area contributed by atoms with Crippen LogP contribution in [0.1, 0.15) is 25.4 Å². The fourth-order valence-corrected chi connectivity index (χ4v) is 4.41. The number of carbonyl (C=O) groups excluding carboxylic acids is 1. The molecule has 2 aliphatic heterocycles. The van der Waals surface area contributed by atoms with E-state index in [9.17, 15) is 4.79 Å². The van der Waals surface area contributed by atoms with Crippen molar-refractivity contribution in [2.24, 2.45) is 5.92 Å². The maximum absolute atomic E-state index is 12.2. The largest absolute Gasteiger partial charge is 0.447 e. The summed E-state index contributed by atoms with van der Waals surface area (Å²) in [6.45, 7) is 5.29. The molecule has 0 spiro atoms. The second-order valence-electron chi connectivity index (χ2n) is 7.54. The fraction of sp³-hybridized carbons (Fsp3) is 0.368. The van der Waals surface area contributed by atoms with Gasteiger partial charge in [0.15, 0.2) is 16.8 Å². The Balaban J connectivity index is 1.59. The minimum Gasteiger partial charge on any atom is -0.447 e. The summed E-state index contributed by atoms with van der Waals surface area (Å²) in [6.07, 6.45) is 1.39. The first-order valence-corrected chi connectivity index (χ1v) is 10.5. The zero-order chi connectivity index (χ0) is 20.3. The van der Waals surface area contributed by atoms with E-state index >= 15 is 0 Å². The highest BCUT2D eigenvalue weighted by molar-refractivity contribution is 9.10. The molecule has 4 heterocycles. The summed E-state index contributed by atoms with van der Waals surface area (Å²) < 4.78 is 9.97. The summed E-state index contributed by atoms with van der Waals surface area (Å²) >= 11 is 9.88. The molecule has 2 aromatic heterocycles. The third kappa shape index (κ3) is 3.03. The Kier molecular flexibility index (Phi) is 4.40. The topological polar surface area (TPSA) is 78.1 Å². The standard InChI is InChI=1S/C19H18BrClN6O2/c1-10(2)15-8-29-19(28)25(15)7-16-23-18-12-5-11(20)3-4-13(12)26-9-22-17(21)14(26)6-27(18)24-16/h3-5,9-10,15H,6-8H2,1-2H3/t15-/m0/s1. The molecule has 1 amide bonds. The maximum Gasteiger partial charge on any atom is 0.410 e. The predicted molar refractivity (Wildman–Crippen MR) is 110 cm³/mol. The second-order valence-corrected chi connectivity index (χ2v) is 8.81. The zero-order valence-corrected chi connectivity index (χ0v) is 18.2. The molecule has 1 fully saturated rings. The first-order valence-electron chi connectivity index (χ1n) is 9.31. The van der Waals surface area contributed by atoms with E-state index in [1.54, 1.807) is 11.2 Å². The summed E-state index contributed by atoms with van der Waals surface area (Å²) in [5.74, 6) is 1.58. The number of cyclic esters (lactones) is 1. The minimum atomic E-state index is -0.321. The van der Waals surface area contributed by atoms with Crippen LogP contribution >= 0.6 is 27.5 Å². The van der Waals surface area contributed by atoms with Crippen molar-refractivity contribution in [3.05, 3.63) is 45.7 Å². The molecule has 0 unspecified atom stereocenters. The Morgan fingerprint density at radius 1 is 1.38 bits per heavy atom. The number of amides is 1. The van der Waals surface area contributed by atoms with Crippen LogP contribution in [-0.2, 0) is 17.8 Å². The van der Waals surface area contributed by atoms with Gasteiger partial charge in [-0.2, -0.15) is 5.10 Å². The van der Waals surface area contributed by atoms with Gasteiger partial charge in [0.25, 0.3) is 0 Å². The van der Waals surface area contributed by atoms with E-state index in [1.165, 1.54) is 0 Å². The summed E-state index contributed by atoms with van der Waals surface area (Å²) in [4.78, 5) is 23.0. The first kappa shape index (κ1) is 18.6. The Morgan fingerprint density at radius 2 is 2.21 bits per heavy atom. The molecule has 2 aliphatic rings. The van der Waals surface area contributed by atoms with E-state index in [-0.39, 0.29) is 18.1 Å². The molecule has 29 heavy (non-hydrogen) atoms. The monoisotopic (exact) mass is 476 g/mol. The molecule has 10 heteroatoms. The van der Waals surface area contributed by atoms with Gasteiger partial charge in [-0.05, 0) is 24.1 Å². The van der Waals surface area contributed by atoms with Crippen LogP contribution < -0.4 is 0 Å². The van der Waals surface area contributed by atoms with Crippen molar-refractivity contribution in [2.75, 3.05) is 6.61 Å². The molecular weight excluding hydrogens is 460 g/mol. The lowest BCUT2D eigenvalue weighted by atomic mass is 10.0. The van der Waals surface area contributed by atoms with Crippen molar-refractivity contribution in [3.63, 3.8) is 0 Å². The molecule has 150 valence electrons. The number of fused-ring (bicyclic) bond motifs is 5. The summed E-state index contributed by atoms with van der Waals surface area (Å²) in [6, 6.07) is 5.99. The molecule has 5 rings (SSSR count). The number of ether oxygens (including phenoxy) is 1. The average molecular weight is 478 g/mol. The van der Waals surface area contributed by atoms with Gasteiger partial charge in [-0.3, -0.25) is 9.47 Å². The summed E-state index contributed by atoms with van der Waals surface area (Å²) in [5.41, 5.74) is 2.68. The number of hydrogen-bond donors (Lipinski definition) is 0. The number of nitrogens with zero attached hydrogens (tertiary/aromatic N) is 6. The van der Waals surface area contributed by atoms with E-state index in [0.29, 0.717) is 30.7 Å². The van der Waals surface area contributed by atoms with Crippen molar-refractivity contribution in [2.45, 2.75) is 33.0 Å². The van der Waals surface area contributed by atoms with E-state index in [1.807, 2.05) is 27.4 Å². The van der Waals surface area contributed by atoms with Gasteiger partial charge in [0.05, 0.1) is 30.5 Å². The van der Waals surface area contributed by atoms with Crippen molar-refractivity contribution in [1.82, 2.24) is 29.2 Å². The van der Waals surface area contributed by atoms with Gasteiger partial charge in [0, 0.05) is 10.0 Å². The van der Waals surface area contributed by atoms with Crippen LogP contribution in [0.2, 0.25) is 5.15 Å². The lowest BCUT2D eigenvalue weighted by molar-refractivity contribution is 0.154. The highest BCUT2D eigenvalue weighted by Crippen LogP contribution is 2.34. The molecule has 0 aliphatic carbocycles. The molecule has 0 saturated carbocycles. The first-order chi connectivity index (χ1) is 13.9. The number of benzene rings is 1. The van der Waals surface area contributed by atoms with Gasteiger partial charge in [-0.1, -0.05) is 41.4 Å². The van der Waals surface area contributed by atoms with Crippen LogP contribution in [0, 0.1) is 5.92 Å². The smallest absolute Gasteiger partial charge is 0.410 e. The van der Waals surface area contributed by atoms with Gasteiger partial charge >= 0.3 is 6.09 Å². The zero-order valence-electron chi connectivity index (χ0n) is 15.8. The van der Waals surface area contributed by atoms with Crippen molar-refractivity contribution < 1.29 is 9.53 Å². The van der Waals surface area contributed by atoms with Gasteiger partial charge in [-0.15, -0.1) is 0 Å². The molecule has 1 aromatic carbocycles. The van der Waals surface area contributed by atoms with Crippen LogP contribution in [0.5, 0.6) is 0 Å². The van der Waals surface area contributed by atoms with Crippen LogP contribution in [0.25, 0.3) is 17.1 Å². The number of hydrogen-bond acceptors (Lipinski definition) is 5. The predicted octanol–water partition coefficient (Wildman–Crippen LogP) is 3.89. The minimum absolute atomic E-state index is 0.0168. The Morgan fingerprint density at radius 3 is 3.00 bits per heavy atom. The van der Waals surface area contributed by atoms with Crippen LogP contribution in [0.4, 0.5) is 4.79 Å². The Bertz CT molecular complexity index is 1120. The van der Waals surface area contributed by atoms with E-state index in [4.69, 9.17) is 26.4 Å². The molecule has 0 N–H and O–H groups in total. The SMILES string of the molecule is CC(C)[C@@H]1COC(=O)N1Cc1nc2n(n1)Cc1c(Cl)ncn1-c1ccc(Br)cc1-2. The fourth-order valence-electron chi connectivity index (χ4n) is 3.86. The number of rotatable bonds is 3. The van der Waals surface area contributed by atoms with Crippen LogP contribution in [0.3, 0.4) is 0 Å². The number of carbonyl (C=O) groups is 1. The molecule has 3 aromatic rings. The normalized spacial score (nSPS) is 17.8. The Hall–Kier alpha value is -2.39. The molecular formula is C19H18BrClN6O2. The summed E-state index contributed by atoms with van der Waals surface area (Å²) in [5, 5.41) is 5.13. The molecule has 1 saturated heterocycles. The van der Waals surface area contributed by atoms with Gasteiger partial charge in [0.1, 0.15) is 12.9 Å². The quantitative estimate of drug-likeness (QED) is 0.447. The van der Waals surface area contributed by atoms with Gasteiger partial charge in [0.2, 0.25) is 0 Å². The Labute approximate surface area is 180 Å². The third-order valence-corrected chi connectivity index (χ3v) is 6.19. The number of aromatic nitrogens is 5. The van der Waals surface area contributed by atoms with Gasteiger partial charge in [-0.25, -0.2) is 19.4 Å². The number of imidazole rings is 1.